The van der Waals surface area contributed by atoms with Gasteiger partial charge in [-0.3, -0.25) is 4.98 Å². The van der Waals surface area contributed by atoms with E-state index in [2.05, 4.69) is 15.0 Å². The summed E-state index contributed by atoms with van der Waals surface area (Å²) in [5.41, 5.74) is 0.579. The molecule has 2 rings (SSSR count). The molecule has 0 atom stereocenters. The molecular weight excluding hydrogens is 290 g/mol. The van der Waals surface area contributed by atoms with Crippen molar-refractivity contribution in [2.45, 2.75) is 56.1 Å². The Morgan fingerprint density at radius 2 is 2.05 bits per heavy atom. The zero-order chi connectivity index (χ0) is 15.3. The Balaban J connectivity index is 2.12. The highest BCUT2D eigenvalue weighted by Crippen LogP contribution is 2.23. The molecule has 0 bridgehead atoms. The lowest BCUT2D eigenvalue weighted by Crippen LogP contribution is -2.38. The van der Waals surface area contributed by atoms with Gasteiger partial charge in [0.2, 0.25) is 10.0 Å². The second-order valence-electron chi connectivity index (χ2n) is 5.43. The van der Waals surface area contributed by atoms with Crippen LogP contribution in [0.5, 0.6) is 0 Å². The molecular formula is C14H23N3O3S. The van der Waals surface area contributed by atoms with Crippen LogP contribution in [0.1, 0.15) is 39.0 Å². The topological polar surface area (TPSA) is 91.3 Å². The van der Waals surface area contributed by atoms with Crippen LogP contribution in [0.15, 0.2) is 23.4 Å². The standard InChI is InChI=1S/C14H23N3O3S/c1-2-8-16-13-7-9-15-10-14(13)21(19,20)17-11-3-5-12(18)6-4-11/h7,9-12,17-18H,2-6,8H2,1H3,(H,15,16). The van der Waals surface area contributed by atoms with Crippen molar-refractivity contribution < 1.29 is 13.5 Å². The quantitative estimate of drug-likeness (QED) is 0.740. The molecule has 0 radical (unpaired) electrons. The minimum absolute atomic E-state index is 0.113. The van der Waals surface area contributed by atoms with Crippen molar-refractivity contribution in [3.63, 3.8) is 0 Å². The summed E-state index contributed by atoms with van der Waals surface area (Å²) in [6.45, 7) is 2.73. The molecule has 118 valence electrons. The van der Waals surface area contributed by atoms with Gasteiger partial charge in [-0.15, -0.1) is 0 Å². The van der Waals surface area contributed by atoms with Gasteiger partial charge in [0.15, 0.2) is 0 Å². The van der Waals surface area contributed by atoms with Gasteiger partial charge in [0.05, 0.1) is 11.8 Å². The molecule has 1 aliphatic carbocycles. The van der Waals surface area contributed by atoms with E-state index in [4.69, 9.17) is 0 Å². The first-order valence-electron chi connectivity index (χ1n) is 7.41. The van der Waals surface area contributed by atoms with Crippen LogP contribution < -0.4 is 10.0 Å². The number of rotatable bonds is 6. The molecule has 0 spiro atoms. The summed E-state index contributed by atoms with van der Waals surface area (Å²) in [6.07, 6.45) is 6.17. The smallest absolute Gasteiger partial charge is 0.244 e. The fourth-order valence-electron chi connectivity index (χ4n) is 2.48. The Hall–Kier alpha value is -1.18. The number of aliphatic hydroxyl groups excluding tert-OH is 1. The van der Waals surface area contributed by atoms with Crippen LogP contribution in [0, 0.1) is 0 Å². The fraction of sp³-hybridized carbons (Fsp3) is 0.643. The van der Waals surface area contributed by atoms with E-state index in [9.17, 15) is 13.5 Å². The number of pyridine rings is 1. The summed E-state index contributed by atoms with van der Waals surface area (Å²) in [4.78, 5) is 4.11. The molecule has 0 amide bonds. The van der Waals surface area contributed by atoms with Gasteiger partial charge in [-0.2, -0.15) is 0 Å². The van der Waals surface area contributed by atoms with Crippen molar-refractivity contribution >= 4 is 15.7 Å². The Morgan fingerprint density at radius 1 is 1.33 bits per heavy atom. The first-order chi connectivity index (χ1) is 10.0. The Labute approximate surface area is 126 Å². The van der Waals surface area contributed by atoms with Crippen molar-refractivity contribution in [2.75, 3.05) is 11.9 Å². The maximum atomic E-state index is 12.5. The summed E-state index contributed by atoms with van der Waals surface area (Å²) in [6, 6.07) is 1.56. The third kappa shape index (κ3) is 4.39. The highest BCUT2D eigenvalue weighted by molar-refractivity contribution is 7.89. The largest absolute Gasteiger partial charge is 0.393 e. The Bertz CT molecular complexity index is 554. The van der Waals surface area contributed by atoms with E-state index in [0.29, 0.717) is 37.9 Å². The van der Waals surface area contributed by atoms with Crippen molar-refractivity contribution in [1.82, 2.24) is 9.71 Å². The Kier molecular flexibility index (Phi) is 5.55. The van der Waals surface area contributed by atoms with Crippen molar-refractivity contribution in [2.24, 2.45) is 0 Å². The van der Waals surface area contributed by atoms with Crippen LogP contribution in [-0.4, -0.2) is 37.2 Å². The van der Waals surface area contributed by atoms with Gasteiger partial charge < -0.3 is 10.4 Å². The van der Waals surface area contributed by atoms with Gasteiger partial charge in [-0.25, -0.2) is 13.1 Å². The molecule has 0 saturated heterocycles. The van der Waals surface area contributed by atoms with E-state index < -0.39 is 10.0 Å². The predicted octanol–water partition coefficient (Wildman–Crippen LogP) is 1.49. The van der Waals surface area contributed by atoms with Gasteiger partial charge in [0, 0.05) is 25.0 Å². The average Bonchev–Trinajstić information content (AvgIpc) is 2.47. The van der Waals surface area contributed by atoms with Crippen LogP contribution >= 0.6 is 0 Å². The molecule has 1 aliphatic rings. The number of anilines is 1. The van der Waals surface area contributed by atoms with E-state index in [1.165, 1.54) is 6.20 Å². The van der Waals surface area contributed by atoms with Crippen LogP contribution in [0.4, 0.5) is 5.69 Å². The number of aromatic nitrogens is 1. The number of hydrogen-bond acceptors (Lipinski definition) is 5. The average molecular weight is 313 g/mol. The summed E-state index contributed by atoms with van der Waals surface area (Å²) in [5, 5.41) is 12.6. The molecule has 1 heterocycles. The minimum atomic E-state index is -3.60. The van der Waals surface area contributed by atoms with E-state index in [0.717, 1.165) is 6.42 Å². The first-order valence-corrected chi connectivity index (χ1v) is 8.89. The van der Waals surface area contributed by atoms with Gasteiger partial charge in [-0.1, -0.05) is 6.92 Å². The summed E-state index contributed by atoms with van der Waals surface area (Å²) < 4.78 is 27.8. The summed E-state index contributed by atoms with van der Waals surface area (Å²) >= 11 is 0. The highest BCUT2D eigenvalue weighted by atomic mass is 32.2. The fourth-order valence-corrected chi connectivity index (χ4v) is 3.91. The number of nitrogens with one attached hydrogen (secondary N) is 2. The van der Waals surface area contributed by atoms with E-state index in [1.54, 1.807) is 12.3 Å². The van der Waals surface area contributed by atoms with E-state index in [1.807, 2.05) is 6.92 Å². The maximum Gasteiger partial charge on any atom is 0.244 e. The van der Waals surface area contributed by atoms with Gasteiger partial charge in [0.25, 0.3) is 0 Å². The maximum absolute atomic E-state index is 12.5. The SMILES string of the molecule is CCCNc1ccncc1S(=O)(=O)NC1CCC(O)CC1. The lowest BCUT2D eigenvalue weighted by atomic mass is 9.94. The molecule has 21 heavy (non-hydrogen) atoms. The van der Waals surface area contributed by atoms with E-state index in [-0.39, 0.29) is 17.0 Å². The van der Waals surface area contributed by atoms with Gasteiger partial charge in [-0.05, 0) is 38.2 Å². The molecule has 1 aromatic rings. The molecule has 3 N–H and O–H groups in total. The lowest BCUT2D eigenvalue weighted by molar-refractivity contribution is 0.120. The normalized spacial score (nSPS) is 23.0. The zero-order valence-electron chi connectivity index (χ0n) is 12.2. The van der Waals surface area contributed by atoms with Crippen LogP contribution in [0.25, 0.3) is 0 Å². The second kappa shape index (κ2) is 7.20. The molecule has 1 fully saturated rings. The molecule has 0 unspecified atom stereocenters. The number of nitrogens with zero attached hydrogens (tertiary/aromatic N) is 1. The van der Waals surface area contributed by atoms with Gasteiger partial charge in [0.1, 0.15) is 4.90 Å². The third-order valence-electron chi connectivity index (χ3n) is 3.66. The molecule has 7 heteroatoms. The van der Waals surface area contributed by atoms with Crippen molar-refractivity contribution in [1.29, 1.82) is 0 Å². The van der Waals surface area contributed by atoms with Gasteiger partial charge >= 0.3 is 0 Å². The highest BCUT2D eigenvalue weighted by Gasteiger charge is 2.26. The van der Waals surface area contributed by atoms with Crippen LogP contribution in [-0.2, 0) is 10.0 Å². The Morgan fingerprint density at radius 3 is 2.71 bits per heavy atom. The number of sulfonamides is 1. The summed E-state index contributed by atoms with van der Waals surface area (Å²) in [7, 11) is -3.60. The zero-order valence-corrected chi connectivity index (χ0v) is 13.1. The number of hydrogen-bond donors (Lipinski definition) is 3. The summed E-state index contributed by atoms with van der Waals surface area (Å²) in [5.74, 6) is 0. The molecule has 1 aromatic heterocycles. The van der Waals surface area contributed by atoms with E-state index >= 15 is 0 Å². The first kappa shape index (κ1) is 16.2. The van der Waals surface area contributed by atoms with Crippen molar-refractivity contribution in [3.8, 4) is 0 Å². The van der Waals surface area contributed by atoms with Crippen molar-refractivity contribution in [3.05, 3.63) is 18.5 Å². The monoisotopic (exact) mass is 313 g/mol. The van der Waals surface area contributed by atoms with Crippen LogP contribution in [0.3, 0.4) is 0 Å². The molecule has 0 aliphatic heterocycles. The minimum Gasteiger partial charge on any atom is -0.393 e. The molecule has 6 nitrogen and oxygen atoms in total. The number of aliphatic hydroxyl groups is 1. The third-order valence-corrected chi connectivity index (χ3v) is 5.21. The predicted molar refractivity (Wildman–Crippen MR) is 81.6 cm³/mol. The molecule has 1 saturated carbocycles. The van der Waals surface area contributed by atoms with Crippen LogP contribution in [0.2, 0.25) is 0 Å². The second-order valence-corrected chi connectivity index (χ2v) is 7.11. The molecule has 0 aromatic carbocycles. The lowest BCUT2D eigenvalue weighted by Gasteiger charge is -2.26.